The first-order valence-corrected chi connectivity index (χ1v) is 12.5. The van der Waals surface area contributed by atoms with Gasteiger partial charge < -0.3 is 25.6 Å². The van der Waals surface area contributed by atoms with Crippen LogP contribution in [0.4, 0.5) is 0 Å². The summed E-state index contributed by atoms with van der Waals surface area (Å²) < 4.78 is 0. The summed E-state index contributed by atoms with van der Waals surface area (Å²) in [6.45, 7) is 3.82. The quantitative estimate of drug-likeness (QED) is 0.404. The van der Waals surface area contributed by atoms with Crippen LogP contribution in [-0.4, -0.2) is 64.1 Å². The number of aliphatic hydroxyl groups is 1. The lowest BCUT2D eigenvalue weighted by atomic mass is 10.1. The van der Waals surface area contributed by atoms with Gasteiger partial charge in [0.25, 0.3) is 5.91 Å². The van der Waals surface area contributed by atoms with Crippen molar-refractivity contribution in [1.29, 1.82) is 0 Å². The van der Waals surface area contributed by atoms with Gasteiger partial charge in [0.05, 0.1) is 11.4 Å². The molecule has 3 atom stereocenters. The van der Waals surface area contributed by atoms with E-state index in [1.807, 2.05) is 31.1 Å². The summed E-state index contributed by atoms with van der Waals surface area (Å²) in [5, 5.41) is 17.7. The predicted molar refractivity (Wildman–Crippen MR) is 132 cm³/mol. The number of carbonyl (C=O) groups is 1. The number of nitrogens with one attached hydrogen (secondary N) is 3. The van der Waals surface area contributed by atoms with Crippen molar-refractivity contribution >= 4 is 39.8 Å². The number of aromatic nitrogens is 2. The minimum absolute atomic E-state index is 0.0359. The standard InChI is InChI=1S/C25H29N5O3S/c1-14-3-4-17-16(7-14)10-21(26-17)22(13-32)27-19-8-15(12-31)9-20(19)28-24(33)25-29-18-5-6-30(2)11-23(18)34-25/h3-4,7,10,15,19-20,26-27,31H,5-6,8-9,11-12H2,1-2H3,(H,28,33)/t15?,19-,20-/m1/s1. The molecule has 1 unspecified atom stereocenters. The Bertz CT molecular complexity index is 1270. The van der Waals surface area contributed by atoms with Crippen molar-refractivity contribution in [1.82, 2.24) is 25.5 Å². The van der Waals surface area contributed by atoms with Crippen molar-refractivity contribution in [3.8, 4) is 0 Å². The van der Waals surface area contributed by atoms with Crippen LogP contribution in [0.2, 0.25) is 0 Å². The van der Waals surface area contributed by atoms with Gasteiger partial charge >= 0.3 is 0 Å². The normalized spacial score (nSPS) is 22.4. The highest BCUT2D eigenvalue weighted by molar-refractivity contribution is 7.13. The molecular formula is C25H29N5O3S. The van der Waals surface area contributed by atoms with E-state index in [9.17, 15) is 14.7 Å². The van der Waals surface area contributed by atoms with Crippen molar-refractivity contribution in [3.63, 3.8) is 0 Å². The molecule has 1 saturated carbocycles. The Kier molecular flexibility index (Phi) is 6.27. The predicted octanol–water partition coefficient (Wildman–Crippen LogP) is 2.25. The third kappa shape index (κ3) is 4.52. The first-order chi connectivity index (χ1) is 16.4. The van der Waals surface area contributed by atoms with Gasteiger partial charge in [-0.3, -0.25) is 4.79 Å². The fraction of sp³-hybridized carbons (Fsp3) is 0.440. The molecule has 4 N–H and O–H groups in total. The monoisotopic (exact) mass is 479 g/mol. The molecule has 3 aromatic rings. The van der Waals surface area contributed by atoms with Crippen molar-refractivity contribution in [2.75, 3.05) is 20.2 Å². The molecule has 1 aliphatic carbocycles. The number of aliphatic hydroxyl groups excluding tert-OH is 1. The van der Waals surface area contributed by atoms with Gasteiger partial charge in [-0.1, -0.05) is 11.6 Å². The van der Waals surface area contributed by atoms with Crippen molar-refractivity contribution in [2.24, 2.45) is 5.92 Å². The largest absolute Gasteiger partial charge is 0.396 e. The molecule has 178 valence electrons. The smallest absolute Gasteiger partial charge is 0.280 e. The van der Waals surface area contributed by atoms with E-state index in [4.69, 9.17) is 0 Å². The molecule has 9 heteroatoms. The number of hydrogen-bond acceptors (Lipinski definition) is 7. The molecule has 0 spiro atoms. The Labute approximate surface area is 202 Å². The Balaban J connectivity index is 1.32. The molecule has 34 heavy (non-hydrogen) atoms. The van der Waals surface area contributed by atoms with E-state index < -0.39 is 0 Å². The van der Waals surface area contributed by atoms with E-state index in [-0.39, 0.29) is 30.5 Å². The van der Waals surface area contributed by atoms with Crippen LogP contribution < -0.4 is 10.6 Å². The van der Waals surface area contributed by atoms with Gasteiger partial charge in [-0.15, -0.1) is 11.3 Å². The SMILES string of the molecule is Cc1ccc2[nH]c(C(=C=O)N[C@@H]3CC(CO)C[C@H]3NC(=O)c3nc4c(s3)CN(C)CC4)cc2c1. The molecule has 2 aliphatic rings. The average molecular weight is 480 g/mol. The molecule has 3 heterocycles. The lowest BCUT2D eigenvalue weighted by molar-refractivity contribution is 0.0931. The number of H-pyrrole nitrogens is 1. The van der Waals surface area contributed by atoms with Gasteiger partial charge in [-0.25, -0.2) is 9.78 Å². The van der Waals surface area contributed by atoms with Gasteiger partial charge in [0, 0.05) is 54.0 Å². The zero-order valence-electron chi connectivity index (χ0n) is 19.4. The van der Waals surface area contributed by atoms with Gasteiger partial charge in [0.1, 0.15) is 5.70 Å². The number of carbonyl (C=O) groups excluding carboxylic acids is 2. The maximum Gasteiger partial charge on any atom is 0.280 e. The van der Waals surface area contributed by atoms with Crippen LogP contribution in [0.3, 0.4) is 0 Å². The molecule has 0 bridgehead atoms. The zero-order chi connectivity index (χ0) is 23.8. The summed E-state index contributed by atoms with van der Waals surface area (Å²) in [5.74, 6) is 1.87. The molecule has 1 amide bonds. The van der Waals surface area contributed by atoms with Crippen LogP contribution >= 0.6 is 11.3 Å². The second-order valence-corrected chi connectivity index (χ2v) is 10.6. The van der Waals surface area contributed by atoms with Crippen LogP contribution in [0.1, 0.15) is 44.5 Å². The third-order valence-corrected chi connectivity index (χ3v) is 7.91. The van der Waals surface area contributed by atoms with E-state index in [0.29, 0.717) is 29.2 Å². The lowest BCUT2D eigenvalue weighted by Crippen LogP contribution is -2.46. The van der Waals surface area contributed by atoms with E-state index in [2.05, 4.69) is 38.6 Å². The van der Waals surface area contributed by atoms with Crippen LogP contribution in [-0.2, 0) is 17.8 Å². The minimum Gasteiger partial charge on any atom is -0.396 e. The number of amides is 1. The third-order valence-electron chi connectivity index (χ3n) is 6.83. The summed E-state index contributed by atoms with van der Waals surface area (Å²) in [7, 11) is 2.07. The Morgan fingerprint density at radius 2 is 2.09 bits per heavy atom. The molecule has 2 aromatic heterocycles. The molecule has 1 aromatic carbocycles. The molecule has 8 nitrogen and oxygen atoms in total. The number of aromatic amines is 1. The summed E-state index contributed by atoms with van der Waals surface area (Å²) in [5.41, 5.74) is 4.08. The topological polar surface area (TPSA) is 110 Å². The van der Waals surface area contributed by atoms with E-state index in [0.717, 1.165) is 46.5 Å². The molecule has 1 fully saturated rings. The number of hydrogen-bond donors (Lipinski definition) is 4. The number of thiazole rings is 1. The second kappa shape index (κ2) is 9.35. The molecule has 0 radical (unpaired) electrons. The fourth-order valence-electron chi connectivity index (χ4n) is 5.00. The summed E-state index contributed by atoms with van der Waals surface area (Å²) in [6, 6.07) is 7.56. The summed E-state index contributed by atoms with van der Waals surface area (Å²) in [6.07, 6.45) is 2.13. The van der Waals surface area contributed by atoms with Gasteiger partial charge in [-0.2, -0.15) is 0 Å². The first-order valence-electron chi connectivity index (χ1n) is 11.6. The Morgan fingerprint density at radius 3 is 2.85 bits per heavy atom. The van der Waals surface area contributed by atoms with Crippen molar-refractivity contribution < 1.29 is 14.7 Å². The number of fused-ring (bicyclic) bond motifs is 2. The van der Waals surface area contributed by atoms with Crippen molar-refractivity contribution in [2.45, 2.75) is 44.8 Å². The van der Waals surface area contributed by atoms with Crippen LogP contribution in [0.25, 0.3) is 16.6 Å². The maximum atomic E-state index is 13.1. The number of aryl methyl sites for hydroxylation is 1. The molecule has 5 rings (SSSR count). The molecule has 0 saturated heterocycles. The van der Waals surface area contributed by atoms with Gasteiger partial charge in [0.15, 0.2) is 10.9 Å². The molecule has 1 aliphatic heterocycles. The highest BCUT2D eigenvalue weighted by Gasteiger charge is 2.36. The highest BCUT2D eigenvalue weighted by atomic mass is 32.1. The minimum atomic E-state index is -0.233. The summed E-state index contributed by atoms with van der Waals surface area (Å²) in [4.78, 5) is 36.2. The lowest BCUT2D eigenvalue weighted by Gasteiger charge is -2.22. The Hall–Kier alpha value is -2.97. The van der Waals surface area contributed by atoms with E-state index in [1.54, 1.807) is 0 Å². The fourth-order valence-corrected chi connectivity index (χ4v) is 6.09. The van der Waals surface area contributed by atoms with E-state index >= 15 is 0 Å². The first kappa shape index (κ1) is 22.8. The number of nitrogens with zero attached hydrogens (tertiary/aromatic N) is 2. The maximum absolute atomic E-state index is 13.1. The number of rotatable bonds is 6. The zero-order valence-corrected chi connectivity index (χ0v) is 20.2. The van der Waals surface area contributed by atoms with Crippen molar-refractivity contribution in [3.05, 3.63) is 51.1 Å². The number of benzene rings is 1. The van der Waals surface area contributed by atoms with Crippen LogP contribution in [0.5, 0.6) is 0 Å². The van der Waals surface area contributed by atoms with E-state index in [1.165, 1.54) is 11.3 Å². The van der Waals surface area contributed by atoms with Gasteiger partial charge in [-0.05, 0) is 50.9 Å². The highest BCUT2D eigenvalue weighted by Crippen LogP contribution is 2.29. The molecular weight excluding hydrogens is 450 g/mol. The number of likely N-dealkylation sites (N-methyl/N-ethyl adjacent to an activating group) is 1. The van der Waals surface area contributed by atoms with Gasteiger partial charge in [0.2, 0.25) is 0 Å². The van der Waals surface area contributed by atoms with Crippen LogP contribution in [0, 0.1) is 12.8 Å². The Morgan fingerprint density at radius 1 is 1.29 bits per heavy atom. The van der Waals surface area contributed by atoms with Crippen LogP contribution in [0.15, 0.2) is 24.3 Å². The summed E-state index contributed by atoms with van der Waals surface area (Å²) >= 11 is 1.45. The second-order valence-electron chi connectivity index (χ2n) is 9.48. The average Bonchev–Trinajstić information content (AvgIpc) is 3.53.